The van der Waals surface area contributed by atoms with Gasteiger partial charge in [-0.3, -0.25) is 9.59 Å². The van der Waals surface area contributed by atoms with Crippen LogP contribution in [-0.2, 0) is 4.79 Å². The molecule has 6 heteroatoms. The fraction of sp³-hybridized carbons (Fsp3) is 0.300. The summed E-state index contributed by atoms with van der Waals surface area (Å²) in [5, 5.41) is 0. The first-order chi connectivity index (χ1) is 12.5. The molecule has 2 aromatic carbocycles. The summed E-state index contributed by atoms with van der Waals surface area (Å²) in [5.41, 5.74) is 0.183. The van der Waals surface area contributed by atoms with Crippen LogP contribution in [0.15, 0.2) is 48.5 Å². The molecule has 2 aromatic rings. The average molecular weight is 356 g/mol. The lowest BCUT2D eigenvalue weighted by Crippen LogP contribution is -2.65. The molecule has 0 aliphatic carbocycles. The number of piperidine rings is 1. The standard InChI is InChI=1S/C20H18F2N2O2/c21-14-6-7-17(22)16(12-14)18(25)23-10-8-20(9-11-23)13-24(19(20)26)15-4-2-1-3-5-15/h1-7,12H,8-11,13H2. The van der Waals surface area contributed by atoms with Crippen molar-refractivity contribution in [2.24, 2.45) is 5.41 Å². The number of carbonyl (C=O) groups excluding carboxylic acids is 2. The Kier molecular flexibility index (Phi) is 3.98. The molecule has 0 N–H and O–H groups in total. The lowest BCUT2D eigenvalue weighted by Gasteiger charge is -2.52. The summed E-state index contributed by atoms with van der Waals surface area (Å²) < 4.78 is 27.2. The minimum absolute atomic E-state index is 0.0766. The molecule has 2 heterocycles. The summed E-state index contributed by atoms with van der Waals surface area (Å²) in [6, 6.07) is 12.4. The quantitative estimate of drug-likeness (QED) is 0.775. The molecule has 26 heavy (non-hydrogen) atoms. The first-order valence-corrected chi connectivity index (χ1v) is 8.62. The van der Waals surface area contributed by atoms with Gasteiger partial charge in [-0.1, -0.05) is 18.2 Å². The van der Waals surface area contributed by atoms with E-state index in [0.29, 0.717) is 32.5 Å². The van der Waals surface area contributed by atoms with Crippen molar-refractivity contribution < 1.29 is 18.4 Å². The molecule has 0 radical (unpaired) electrons. The van der Waals surface area contributed by atoms with Gasteiger partial charge in [-0.15, -0.1) is 0 Å². The first-order valence-electron chi connectivity index (χ1n) is 8.62. The van der Waals surface area contributed by atoms with Gasteiger partial charge in [0.25, 0.3) is 5.91 Å². The fourth-order valence-corrected chi connectivity index (χ4v) is 3.80. The van der Waals surface area contributed by atoms with E-state index in [1.807, 2.05) is 30.3 Å². The molecule has 0 saturated carbocycles. The average Bonchev–Trinajstić information content (AvgIpc) is 2.68. The Morgan fingerprint density at radius 1 is 1.00 bits per heavy atom. The molecule has 4 rings (SSSR count). The van der Waals surface area contributed by atoms with Crippen molar-refractivity contribution in [2.75, 3.05) is 24.5 Å². The van der Waals surface area contributed by atoms with E-state index in [4.69, 9.17) is 0 Å². The molecule has 2 fully saturated rings. The Hall–Kier alpha value is -2.76. The molecule has 0 bridgehead atoms. The highest BCUT2D eigenvalue weighted by atomic mass is 19.1. The third-order valence-electron chi connectivity index (χ3n) is 5.39. The molecule has 0 aromatic heterocycles. The Morgan fingerprint density at radius 2 is 1.69 bits per heavy atom. The predicted molar refractivity (Wildman–Crippen MR) is 92.7 cm³/mol. The van der Waals surface area contributed by atoms with Gasteiger partial charge >= 0.3 is 0 Å². The lowest BCUT2D eigenvalue weighted by atomic mass is 9.70. The molecule has 2 amide bonds. The van der Waals surface area contributed by atoms with E-state index in [0.717, 1.165) is 23.9 Å². The van der Waals surface area contributed by atoms with Crippen LogP contribution in [0.2, 0.25) is 0 Å². The summed E-state index contributed by atoms with van der Waals surface area (Å²) in [7, 11) is 0. The van der Waals surface area contributed by atoms with E-state index >= 15 is 0 Å². The zero-order valence-electron chi connectivity index (χ0n) is 14.1. The van der Waals surface area contributed by atoms with Crippen LogP contribution in [0.3, 0.4) is 0 Å². The first kappa shape index (κ1) is 16.7. The van der Waals surface area contributed by atoms with Crippen molar-refractivity contribution >= 4 is 17.5 Å². The Labute approximate surface area is 150 Å². The van der Waals surface area contributed by atoms with E-state index in [-0.39, 0.29) is 11.5 Å². The second kappa shape index (κ2) is 6.20. The normalized spacial score (nSPS) is 18.8. The van der Waals surface area contributed by atoms with Crippen LogP contribution in [0, 0.1) is 17.0 Å². The highest BCUT2D eigenvalue weighted by molar-refractivity contribution is 6.04. The predicted octanol–water partition coefficient (Wildman–Crippen LogP) is 3.23. The Balaban J connectivity index is 1.43. The number of rotatable bonds is 2. The SMILES string of the molecule is O=C(c1cc(F)ccc1F)N1CCC2(CC1)CN(c1ccccc1)C2=O. The molecule has 2 saturated heterocycles. The minimum atomic E-state index is -0.730. The molecule has 2 aliphatic heterocycles. The minimum Gasteiger partial charge on any atom is -0.338 e. The number of carbonyl (C=O) groups is 2. The molecule has 0 atom stereocenters. The van der Waals surface area contributed by atoms with Gasteiger partial charge in [0, 0.05) is 25.3 Å². The number of amides is 2. The van der Waals surface area contributed by atoms with E-state index < -0.39 is 23.0 Å². The Morgan fingerprint density at radius 3 is 2.35 bits per heavy atom. The molecular weight excluding hydrogens is 338 g/mol. The number of hydrogen-bond donors (Lipinski definition) is 0. The van der Waals surface area contributed by atoms with Crippen molar-refractivity contribution in [2.45, 2.75) is 12.8 Å². The molecule has 4 nitrogen and oxygen atoms in total. The molecular formula is C20H18F2N2O2. The number of likely N-dealkylation sites (tertiary alicyclic amines) is 1. The smallest absolute Gasteiger partial charge is 0.256 e. The van der Waals surface area contributed by atoms with Crippen molar-refractivity contribution in [1.29, 1.82) is 0 Å². The maximum Gasteiger partial charge on any atom is 0.256 e. The molecule has 0 unspecified atom stereocenters. The maximum atomic E-state index is 13.8. The summed E-state index contributed by atoms with van der Waals surface area (Å²) in [4.78, 5) is 28.4. The molecule has 1 spiro atoms. The van der Waals surface area contributed by atoms with Gasteiger partial charge < -0.3 is 9.80 Å². The van der Waals surface area contributed by atoms with Crippen molar-refractivity contribution in [3.8, 4) is 0 Å². The van der Waals surface area contributed by atoms with Gasteiger partial charge in [0.05, 0.1) is 11.0 Å². The van der Waals surface area contributed by atoms with Crippen LogP contribution in [0.1, 0.15) is 23.2 Å². The van der Waals surface area contributed by atoms with E-state index in [9.17, 15) is 18.4 Å². The number of halogens is 2. The van der Waals surface area contributed by atoms with Crippen LogP contribution in [0.4, 0.5) is 14.5 Å². The highest BCUT2D eigenvalue weighted by Gasteiger charge is 2.53. The fourth-order valence-electron chi connectivity index (χ4n) is 3.80. The monoisotopic (exact) mass is 356 g/mol. The van der Waals surface area contributed by atoms with Crippen molar-refractivity contribution in [3.63, 3.8) is 0 Å². The van der Waals surface area contributed by atoms with Crippen LogP contribution >= 0.6 is 0 Å². The lowest BCUT2D eigenvalue weighted by molar-refractivity contribution is -0.138. The second-order valence-electron chi connectivity index (χ2n) is 6.92. The van der Waals surface area contributed by atoms with E-state index in [2.05, 4.69) is 0 Å². The summed E-state index contributed by atoms with van der Waals surface area (Å²) in [5.74, 6) is -1.82. The zero-order chi connectivity index (χ0) is 18.3. The van der Waals surface area contributed by atoms with Gasteiger partial charge in [0.1, 0.15) is 11.6 Å². The number of para-hydroxylation sites is 1. The summed E-state index contributed by atoms with van der Waals surface area (Å²) >= 11 is 0. The van der Waals surface area contributed by atoms with Gasteiger partial charge in [0.15, 0.2) is 0 Å². The number of β-lactam (4-membered cyclic amide) rings is 1. The number of anilines is 1. The second-order valence-corrected chi connectivity index (χ2v) is 6.92. The van der Waals surface area contributed by atoms with Crippen LogP contribution in [-0.4, -0.2) is 36.3 Å². The van der Waals surface area contributed by atoms with E-state index in [1.54, 1.807) is 4.90 Å². The van der Waals surface area contributed by atoms with Gasteiger partial charge in [-0.2, -0.15) is 0 Å². The van der Waals surface area contributed by atoms with Gasteiger partial charge in [-0.05, 0) is 43.2 Å². The topological polar surface area (TPSA) is 40.6 Å². The number of benzene rings is 2. The van der Waals surface area contributed by atoms with E-state index in [1.165, 1.54) is 4.90 Å². The molecule has 2 aliphatic rings. The van der Waals surface area contributed by atoms with Crippen LogP contribution in [0.25, 0.3) is 0 Å². The van der Waals surface area contributed by atoms with Crippen molar-refractivity contribution in [1.82, 2.24) is 4.90 Å². The van der Waals surface area contributed by atoms with Crippen LogP contribution in [0.5, 0.6) is 0 Å². The number of nitrogens with zero attached hydrogens (tertiary/aromatic N) is 2. The third kappa shape index (κ3) is 2.66. The van der Waals surface area contributed by atoms with Crippen molar-refractivity contribution in [3.05, 3.63) is 65.7 Å². The zero-order valence-corrected chi connectivity index (χ0v) is 14.1. The van der Waals surface area contributed by atoms with Crippen LogP contribution < -0.4 is 4.90 Å². The third-order valence-corrected chi connectivity index (χ3v) is 5.39. The van der Waals surface area contributed by atoms with Gasteiger partial charge in [-0.25, -0.2) is 8.78 Å². The molecule has 134 valence electrons. The summed E-state index contributed by atoms with van der Waals surface area (Å²) in [6.45, 7) is 1.36. The Bertz CT molecular complexity index is 861. The number of hydrogen-bond acceptors (Lipinski definition) is 2. The highest BCUT2D eigenvalue weighted by Crippen LogP contribution is 2.44. The maximum absolute atomic E-state index is 13.8. The summed E-state index contributed by atoms with van der Waals surface area (Å²) in [6.07, 6.45) is 1.08. The van der Waals surface area contributed by atoms with Gasteiger partial charge in [0.2, 0.25) is 5.91 Å². The largest absolute Gasteiger partial charge is 0.338 e.